The summed E-state index contributed by atoms with van der Waals surface area (Å²) in [6, 6.07) is 26.9. The molecule has 0 fully saturated rings. The van der Waals surface area contributed by atoms with E-state index in [1.807, 2.05) is 0 Å². The first-order chi connectivity index (χ1) is 17.9. The topological polar surface area (TPSA) is 21.8 Å². The first-order valence-corrected chi connectivity index (χ1v) is 14.1. The summed E-state index contributed by atoms with van der Waals surface area (Å²) in [5.41, 5.74) is 12.9. The quantitative estimate of drug-likeness (QED) is 0.233. The van der Waals surface area contributed by atoms with Gasteiger partial charge in [0.25, 0.3) is 0 Å². The van der Waals surface area contributed by atoms with Crippen LogP contribution < -0.4 is 20.0 Å². The maximum absolute atomic E-state index is 3.67. The average Bonchev–Trinajstić information content (AvgIpc) is 2.86. The Hall–Kier alpha value is -2.96. The molecular formula is C31H30Br2N4. The van der Waals surface area contributed by atoms with E-state index < -0.39 is 0 Å². The molecule has 188 valence electrons. The van der Waals surface area contributed by atoms with Crippen molar-refractivity contribution in [3.05, 3.63) is 104 Å². The Labute approximate surface area is 236 Å². The van der Waals surface area contributed by atoms with Gasteiger partial charge in [0.2, 0.25) is 0 Å². The van der Waals surface area contributed by atoms with E-state index in [2.05, 4.69) is 146 Å². The van der Waals surface area contributed by atoms with Crippen LogP contribution in [0.1, 0.15) is 22.3 Å². The zero-order chi connectivity index (χ0) is 25.7. The fourth-order valence-corrected chi connectivity index (χ4v) is 6.49. The van der Waals surface area contributed by atoms with Crippen molar-refractivity contribution in [2.45, 2.75) is 26.2 Å². The molecule has 0 amide bonds. The van der Waals surface area contributed by atoms with Crippen LogP contribution >= 0.6 is 31.9 Å². The van der Waals surface area contributed by atoms with Gasteiger partial charge in [0.05, 0.1) is 0 Å². The number of fused-ring (bicyclic) bond motifs is 4. The summed E-state index contributed by atoms with van der Waals surface area (Å²) in [4.78, 5) is 7.09. The van der Waals surface area contributed by atoms with E-state index in [1.54, 1.807) is 0 Å². The first kappa shape index (κ1) is 24.4. The average molecular weight is 618 g/mol. The summed E-state index contributed by atoms with van der Waals surface area (Å²) in [6.07, 6.45) is 0. The monoisotopic (exact) mass is 616 g/mol. The summed E-state index contributed by atoms with van der Waals surface area (Å²) in [5, 5.41) is 3.67. The zero-order valence-corrected chi connectivity index (χ0v) is 24.5. The van der Waals surface area contributed by atoms with Crippen LogP contribution in [-0.2, 0) is 26.2 Å². The molecule has 0 unspecified atom stereocenters. The highest BCUT2D eigenvalue weighted by atomic mass is 79.9. The molecule has 0 radical (unpaired) electrons. The standard InChI is InChI=1S/C31H30Br2N4/c1-35-17-23-14-26(32)6-8-28(23)34-16-22-12-20(4-9-29(22)35)21-5-10-30-24(13-21)18-36(2)31-11-7-27(33)15-25(31)19-37(30)3/h4-15,34H,16-19H2,1-3H3. The van der Waals surface area contributed by atoms with Crippen molar-refractivity contribution in [1.82, 2.24) is 0 Å². The van der Waals surface area contributed by atoms with Gasteiger partial charge in [0, 0.05) is 79.0 Å². The largest absolute Gasteiger partial charge is 0.381 e. The lowest BCUT2D eigenvalue weighted by Crippen LogP contribution is -2.27. The van der Waals surface area contributed by atoms with E-state index in [0.717, 1.165) is 35.1 Å². The van der Waals surface area contributed by atoms with Crippen LogP contribution in [0.5, 0.6) is 0 Å². The molecule has 0 saturated heterocycles. The van der Waals surface area contributed by atoms with Gasteiger partial charge < -0.3 is 20.0 Å². The Morgan fingerprint density at radius 3 is 1.65 bits per heavy atom. The fourth-order valence-electron chi connectivity index (χ4n) is 5.67. The molecule has 0 saturated carbocycles. The highest BCUT2D eigenvalue weighted by molar-refractivity contribution is 9.10. The van der Waals surface area contributed by atoms with Crippen molar-refractivity contribution < 1.29 is 0 Å². The third-order valence-corrected chi connectivity index (χ3v) is 8.51. The molecular weight excluding hydrogens is 588 g/mol. The second-order valence-electron chi connectivity index (χ2n) is 10.2. The highest BCUT2D eigenvalue weighted by Crippen LogP contribution is 2.37. The summed E-state index contributed by atoms with van der Waals surface area (Å²) in [6.45, 7) is 3.40. The molecule has 2 aliphatic heterocycles. The lowest BCUT2D eigenvalue weighted by Gasteiger charge is -2.32. The Bertz CT molecular complexity index is 1500. The molecule has 4 aromatic carbocycles. The van der Waals surface area contributed by atoms with Crippen LogP contribution in [-0.4, -0.2) is 21.1 Å². The second kappa shape index (κ2) is 9.73. The summed E-state index contributed by atoms with van der Waals surface area (Å²) < 4.78 is 2.24. The van der Waals surface area contributed by atoms with Gasteiger partial charge in [-0.15, -0.1) is 0 Å². The van der Waals surface area contributed by atoms with Crippen LogP contribution in [0.15, 0.2) is 81.7 Å². The van der Waals surface area contributed by atoms with Crippen LogP contribution in [0, 0.1) is 0 Å². The number of nitrogens with zero attached hydrogens (tertiary/aromatic N) is 3. The number of nitrogens with one attached hydrogen (secondary N) is 1. The Morgan fingerprint density at radius 2 is 1.00 bits per heavy atom. The van der Waals surface area contributed by atoms with Crippen LogP contribution in [0.25, 0.3) is 11.1 Å². The van der Waals surface area contributed by atoms with Gasteiger partial charge >= 0.3 is 0 Å². The molecule has 2 heterocycles. The van der Waals surface area contributed by atoms with Gasteiger partial charge in [0.15, 0.2) is 0 Å². The molecule has 1 N–H and O–H groups in total. The smallest absolute Gasteiger partial charge is 0.0447 e. The predicted molar refractivity (Wildman–Crippen MR) is 164 cm³/mol. The Balaban J connectivity index is 1.33. The molecule has 6 heteroatoms. The predicted octanol–water partition coefficient (Wildman–Crippen LogP) is 8.03. The van der Waals surface area contributed by atoms with Crippen molar-refractivity contribution in [3.63, 3.8) is 0 Å². The third kappa shape index (κ3) is 4.73. The van der Waals surface area contributed by atoms with Gasteiger partial charge in [0.1, 0.15) is 0 Å². The molecule has 0 bridgehead atoms. The maximum Gasteiger partial charge on any atom is 0.0447 e. The summed E-state index contributed by atoms with van der Waals surface area (Å²) >= 11 is 7.27. The number of rotatable bonds is 1. The minimum Gasteiger partial charge on any atom is -0.381 e. The molecule has 4 nitrogen and oxygen atoms in total. The third-order valence-electron chi connectivity index (χ3n) is 7.53. The molecule has 0 spiro atoms. The molecule has 0 atom stereocenters. The number of hydrogen-bond donors (Lipinski definition) is 1. The van der Waals surface area contributed by atoms with Gasteiger partial charge in [-0.3, -0.25) is 0 Å². The van der Waals surface area contributed by atoms with Crippen molar-refractivity contribution >= 4 is 54.6 Å². The van der Waals surface area contributed by atoms with E-state index in [9.17, 15) is 0 Å². The van der Waals surface area contributed by atoms with E-state index in [-0.39, 0.29) is 0 Å². The fraction of sp³-hybridized carbons (Fsp3) is 0.226. The highest BCUT2D eigenvalue weighted by Gasteiger charge is 2.20. The number of halogens is 2. The minimum atomic E-state index is 0.797. The number of hydrogen-bond acceptors (Lipinski definition) is 4. The van der Waals surface area contributed by atoms with Crippen molar-refractivity contribution in [2.24, 2.45) is 0 Å². The SMILES string of the molecule is CN1Cc2cc(Br)ccc2NCc2cc(-c3ccc4c(c3)CN(C)c3ccc(Br)cc3CN4C)ccc21. The van der Waals surface area contributed by atoms with Gasteiger partial charge in [-0.2, -0.15) is 0 Å². The van der Waals surface area contributed by atoms with Gasteiger partial charge in [-0.25, -0.2) is 0 Å². The maximum atomic E-state index is 3.67. The summed E-state index contributed by atoms with van der Waals surface area (Å²) in [5.74, 6) is 0. The molecule has 0 aromatic heterocycles. The molecule has 2 aliphatic rings. The van der Waals surface area contributed by atoms with E-state index in [4.69, 9.17) is 0 Å². The van der Waals surface area contributed by atoms with Crippen molar-refractivity contribution in [3.8, 4) is 11.1 Å². The van der Waals surface area contributed by atoms with E-state index in [1.165, 1.54) is 56.1 Å². The summed E-state index contributed by atoms with van der Waals surface area (Å²) in [7, 11) is 6.57. The molecule has 4 aromatic rings. The Morgan fingerprint density at radius 1 is 0.541 bits per heavy atom. The molecule has 37 heavy (non-hydrogen) atoms. The second-order valence-corrected chi connectivity index (χ2v) is 12.0. The number of anilines is 4. The Kier molecular flexibility index (Phi) is 6.41. The van der Waals surface area contributed by atoms with Gasteiger partial charge in [-0.05, 0) is 94.0 Å². The number of benzene rings is 4. The van der Waals surface area contributed by atoms with Crippen LogP contribution in [0.3, 0.4) is 0 Å². The van der Waals surface area contributed by atoms with E-state index >= 15 is 0 Å². The normalized spacial score (nSPS) is 14.8. The lowest BCUT2D eigenvalue weighted by molar-refractivity contribution is 0.837. The molecule has 6 rings (SSSR count). The van der Waals surface area contributed by atoms with Crippen LogP contribution in [0.4, 0.5) is 22.7 Å². The first-order valence-electron chi connectivity index (χ1n) is 12.6. The van der Waals surface area contributed by atoms with Gasteiger partial charge in [-0.1, -0.05) is 44.0 Å². The van der Waals surface area contributed by atoms with Crippen molar-refractivity contribution in [2.75, 3.05) is 41.2 Å². The molecule has 0 aliphatic carbocycles. The van der Waals surface area contributed by atoms with Crippen LogP contribution in [0.2, 0.25) is 0 Å². The lowest BCUT2D eigenvalue weighted by atomic mass is 9.96. The van der Waals surface area contributed by atoms with Crippen molar-refractivity contribution in [1.29, 1.82) is 0 Å². The zero-order valence-electron chi connectivity index (χ0n) is 21.4. The van der Waals surface area contributed by atoms with E-state index in [0.29, 0.717) is 0 Å². The minimum absolute atomic E-state index is 0.797.